The third kappa shape index (κ3) is 6.47. The number of carbonyl (C=O) groups is 3. The summed E-state index contributed by atoms with van der Waals surface area (Å²) < 4.78 is 5.49. The van der Waals surface area contributed by atoms with Crippen LogP contribution in [0, 0.1) is 5.41 Å². The van der Waals surface area contributed by atoms with Gasteiger partial charge in [-0.1, -0.05) is 26.2 Å². The molecular formula is C16H31N3O4. The van der Waals surface area contributed by atoms with E-state index in [0.717, 1.165) is 19.3 Å². The number of nitrogens with two attached hydrogens (primary N) is 3. The second-order valence-electron chi connectivity index (χ2n) is 5.56. The Balaban J connectivity index is 4.62. The van der Waals surface area contributed by atoms with Crippen molar-refractivity contribution in [3.05, 3.63) is 0 Å². The van der Waals surface area contributed by atoms with Crippen molar-refractivity contribution in [2.24, 2.45) is 22.6 Å². The lowest BCUT2D eigenvalue weighted by Crippen LogP contribution is -2.53. The molecule has 23 heavy (non-hydrogen) atoms. The van der Waals surface area contributed by atoms with Gasteiger partial charge in [-0.25, -0.2) is 0 Å². The number of ketones is 3. The first kappa shape index (κ1) is 21.9. The second-order valence-corrected chi connectivity index (χ2v) is 5.56. The number of ether oxygens (including phenoxy) is 1. The van der Waals surface area contributed by atoms with Gasteiger partial charge in [-0.2, -0.15) is 0 Å². The van der Waals surface area contributed by atoms with Crippen LogP contribution in [0.25, 0.3) is 0 Å². The molecule has 0 fully saturated rings. The van der Waals surface area contributed by atoms with Crippen LogP contribution in [-0.2, 0) is 19.1 Å². The molecule has 0 aromatic rings. The van der Waals surface area contributed by atoms with Crippen molar-refractivity contribution in [1.82, 2.24) is 0 Å². The number of rotatable bonds is 15. The van der Waals surface area contributed by atoms with Crippen molar-refractivity contribution in [2.75, 3.05) is 32.8 Å². The van der Waals surface area contributed by atoms with Crippen LogP contribution in [0.5, 0.6) is 0 Å². The molecule has 0 bridgehead atoms. The fourth-order valence-electron chi connectivity index (χ4n) is 2.58. The molecule has 0 amide bonds. The Hall–Kier alpha value is -1.15. The van der Waals surface area contributed by atoms with Crippen LogP contribution in [0.15, 0.2) is 0 Å². The van der Waals surface area contributed by atoms with E-state index in [1.165, 1.54) is 6.42 Å². The minimum atomic E-state index is -1.80. The zero-order valence-electron chi connectivity index (χ0n) is 14.1. The Labute approximate surface area is 138 Å². The number of unbranched alkanes of at least 4 members (excludes halogenated alkanes) is 3. The zero-order chi connectivity index (χ0) is 17.7. The van der Waals surface area contributed by atoms with Crippen molar-refractivity contribution in [2.45, 2.75) is 45.4 Å². The van der Waals surface area contributed by atoms with E-state index < -0.39 is 42.4 Å². The fraction of sp³-hybridized carbons (Fsp3) is 0.812. The van der Waals surface area contributed by atoms with E-state index in [2.05, 4.69) is 6.92 Å². The summed E-state index contributed by atoms with van der Waals surface area (Å²) in [5.74, 6) is -1.86. The fourth-order valence-corrected chi connectivity index (χ4v) is 2.58. The van der Waals surface area contributed by atoms with E-state index in [4.69, 9.17) is 21.9 Å². The third-order valence-electron chi connectivity index (χ3n) is 3.97. The molecule has 0 atom stereocenters. The number of hydrogen-bond donors (Lipinski definition) is 3. The second kappa shape index (κ2) is 12.3. The van der Waals surface area contributed by atoms with E-state index in [1.807, 2.05) is 0 Å². The summed E-state index contributed by atoms with van der Waals surface area (Å²) >= 11 is 0. The maximum absolute atomic E-state index is 12.2. The molecule has 7 nitrogen and oxygen atoms in total. The minimum absolute atomic E-state index is 0.0457. The summed E-state index contributed by atoms with van der Waals surface area (Å²) in [4.78, 5) is 36.5. The minimum Gasteiger partial charge on any atom is -0.381 e. The van der Waals surface area contributed by atoms with Gasteiger partial charge in [0, 0.05) is 13.2 Å². The van der Waals surface area contributed by atoms with Gasteiger partial charge in [-0.3, -0.25) is 14.4 Å². The Morgan fingerprint density at radius 1 is 0.783 bits per heavy atom. The topological polar surface area (TPSA) is 138 Å². The molecule has 0 aliphatic carbocycles. The van der Waals surface area contributed by atoms with Gasteiger partial charge in [0.15, 0.2) is 17.3 Å². The van der Waals surface area contributed by atoms with Gasteiger partial charge < -0.3 is 21.9 Å². The van der Waals surface area contributed by atoms with Crippen LogP contribution in [-0.4, -0.2) is 50.2 Å². The van der Waals surface area contributed by atoms with E-state index in [9.17, 15) is 14.4 Å². The molecule has 0 aromatic carbocycles. The van der Waals surface area contributed by atoms with Crippen LogP contribution >= 0.6 is 0 Å². The first-order valence-corrected chi connectivity index (χ1v) is 8.29. The van der Waals surface area contributed by atoms with Crippen molar-refractivity contribution in [3.63, 3.8) is 0 Å². The van der Waals surface area contributed by atoms with Crippen LogP contribution in [0.2, 0.25) is 0 Å². The molecule has 134 valence electrons. The van der Waals surface area contributed by atoms with Crippen LogP contribution < -0.4 is 17.2 Å². The highest BCUT2D eigenvalue weighted by atomic mass is 16.5. The maximum Gasteiger partial charge on any atom is 0.167 e. The molecule has 0 rings (SSSR count). The van der Waals surface area contributed by atoms with E-state index >= 15 is 0 Å². The summed E-state index contributed by atoms with van der Waals surface area (Å²) in [6.07, 6.45) is 4.87. The Morgan fingerprint density at radius 3 is 1.70 bits per heavy atom. The van der Waals surface area contributed by atoms with Gasteiger partial charge in [0.05, 0.1) is 19.6 Å². The SMILES string of the molecule is CCCCCCOCCCC(C(=O)CN)(C(=O)CN)C(=O)CN. The average Bonchev–Trinajstić information content (AvgIpc) is 2.58. The molecule has 7 heteroatoms. The summed E-state index contributed by atoms with van der Waals surface area (Å²) in [6.45, 7) is 1.97. The molecule has 0 radical (unpaired) electrons. The first-order valence-electron chi connectivity index (χ1n) is 8.29. The van der Waals surface area contributed by atoms with Gasteiger partial charge in [0.2, 0.25) is 0 Å². The lowest BCUT2D eigenvalue weighted by Gasteiger charge is -2.28. The summed E-state index contributed by atoms with van der Waals surface area (Å²) in [5.41, 5.74) is 14.3. The normalized spacial score (nSPS) is 11.5. The Kier molecular flexibility index (Phi) is 11.7. The molecule has 0 heterocycles. The zero-order valence-corrected chi connectivity index (χ0v) is 14.1. The summed E-state index contributed by atoms with van der Waals surface area (Å²) in [6, 6.07) is 0. The molecule has 0 aliphatic rings. The van der Waals surface area contributed by atoms with Crippen LogP contribution in [0.1, 0.15) is 45.4 Å². The average molecular weight is 329 g/mol. The van der Waals surface area contributed by atoms with E-state index in [1.54, 1.807) is 0 Å². The van der Waals surface area contributed by atoms with Gasteiger partial charge in [0.1, 0.15) is 5.41 Å². The summed E-state index contributed by atoms with van der Waals surface area (Å²) in [7, 11) is 0. The molecular weight excluding hydrogens is 298 g/mol. The molecule has 0 saturated carbocycles. The van der Waals surface area contributed by atoms with Gasteiger partial charge in [0.25, 0.3) is 0 Å². The molecule has 0 unspecified atom stereocenters. The third-order valence-corrected chi connectivity index (χ3v) is 3.97. The smallest absolute Gasteiger partial charge is 0.167 e. The van der Waals surface area contributed by atoms with Crippen molar-refractivity contribution in [1.29, 1.82) is 0 Å². The van der Waals surface area contributed by atoms with Crippen molar-refractivity contribution in [3.8, 4) is 0 Å². The Bertz CT molecular complexity index is 345. The quantitative estimate of drug-likeness (QED) is 0.282. The molecule has 0 saturated heterocycles. The number of hydrogen-bond acceptors (Lipinski definition) is 7. The lowest BCUT2D eigenvalue weighted by atomic mass is 9.71. The first-order chi connectivity index (χ1) is 11.0. The van der Waals surface area contributed by atoms with Gasteiger partial charge in [-0.15, -0.1) is 0 Å². The van der Waals surface area contributed by atoms with E-state index in [-0.39, 0.29) is 6.42 Å². The molecule has 6 N–H and O–H groups in total. The molecule has 0 aromatic heterocycles. The lowest BCUT2D eigenvalue weighted by molar-refractivity contribution is -0.148. The summed E-state index contributed by atoms with van der Waals surface area (Å²) in [5, 5.41) is 0. The molecule has 0 spiro atoms. The van der Waals surface area contributed by atoms with Gasteiger partial charge >= 0.3 is 0 Å². The largest absolute Gasteiger partial charge is 0.381 e. The highest BCUT2D eigenvalue weighted by Crippen LogP contribution is 2.27. The maximum atomic E-state index is 12.2. The van der Waals surface area contributed by atoms with Crippen molar-refractivity contribution >= 4 is 17.3 Å². The molecule has 0 aliphatic heterocycles. The Morgan fingerprint density at radius 2 is 1.26 bits per heavy atom. The van der Waals surface area contributed by atoms with Crippen LogP contribution in [0.3, 0.4) is 0 Å². The van der Waals surface area contributed by atoms with Crippen molar-refractivity contribution < 1.29 is 19.1 Å². The standard InChI is InChI=1S/C16H31N3O4/c1-2-3-4-5-8-23-9-6-7-16(13(20)10-17,14(21)11-18)15(22)12-19/h2-12,17-19H2,1H3. The van der Waals surface area contributed by atoms with E-state index in [0.29, 0.717) is 19.6 Å². The predicted molar refractivity (Wildman–Crippen MR) is 88.8 cm³/mol. The highest BCUT2D eigenvalue weighted by Gasteiger charge is 2.48. The number of Topliss-reactive ketones (excluding diaryl/α,β-unsaturated/α-hetero) is 3. The van der Waals surface area contributed by atoms with Crippen LogP contribution in [0.4, 0.5) is 0 Å². The number of carbonyl (C=O) groups excluding carboxylic acids is 3. The predicted octanol–water partition coefficient (Wildman–Crippen LogP) is -0.0667. The highest BCUT2D eigenvalue weighted by molar-refractivity contribution is 6.25. The van der Waals surface area contributed by atoms with Gasteiger partial charge in [-0.05, 0) is 19.3 Å². The monoisotopic (exact) mass is 329 g/mol.